The van der Waals surface area contributed by atoms with E-state index in [2.05, 4.69) is 5.32 Å². The summed E-state index contributed by atoms with van der Waals surface area (Å²) in [6, 6.07) is 12.1. The lowest BCUT2D eigenvalue weighted by atomic mass is 9.94. The van der Waals surface area contributed by atoms with Crippen molar-refractivity contribution in [2.45, 2.75) is 13.0 Å². The van der Waals surface area contributed by atoms with Crippen LogP contribution in [0.4, 0.5) is 4.39 Å². The molecule has 100 valence electrons. The normalized spacial score (nSPS) is 16.9. The van der Waals surface area contributed by atoms with Crippen LogP contribution in [-0.2, 0) is 4.79 Å². The maximum Gasteiger partial charge on any atom is 0.146 e. The number of hydrogen-bond donors (Lipinski definition) is 1. The fraction of sp³-hybridized carbons (Fsp3) is 0.118. The Labute approximate surface area is 116 Å². The van der Waals surface area contributed by atoms with Gasteiger partial charge in [-0.2, -0.15) is 0 Å². The fourth-order valence-corrected chi connectivity index (χ4v) is 2.40. The lowest BCUT2D eigenvalue weighted by Crippen LogP contribution is -2.25. The van der Waals surface area contributed by atoms with E-state index in [0.29, 0.717) is 5.56 Å². The van der Waals surface area contributed by atoms with E-state index in [0.717, 1.165) is 23.1 Å². The third-order valence-corrected chi connectivity index (χ3v) is 3.49. The second-order valence-electron chi connectivity index (χ2n) is 4.96. The molecule has 0 aliphatic carbocycles. The average molecular weight is 267 g/mol. The van der Waals surface area contributed by atoms with Gasteiger partial charge in [-0.3, -0.25) is 0 Å². The Morgan fingerprint density at radius 1 is 1.15 bits per heavy atom. The third-order valence-electron chi connectivity index (χ3n) is 3.49. The van der Waals surface area contributed by atoms with Crippen LogP contribution in [-0.4, -0.2) is 6.29 Å². The average Bonchev–Trinajstić information content (AvgIpc) is 2.47. The molecule has 1 aliphatic heterocycles. The number of benzene rings is 2. The van der Waals surface area contributed by atoms with Gasteiger partial charge in [0.25, 0.3) is 0 Å². The first-order valence-electron chi connectivity index (χ1n) is 6.47. The van der Waals surface area contributed by atoms with Gasteiger partial charge in [-0.25, -0.2) is 4.39 Å². The first-order valence-corrected chi connectivity index (χ1v) is 6.47. The summed E-state index contributed by atoms with van der Waals surface area (Å²) in [5, 5.41) is 3.15. The second-order valence-corrected chi connectivity index (χ2v) is 4.96. The molecule has 2 aromatic carbocycles. The minimum Gasteiger partial charge on any atom is -0.371 e. The Bertz CT molecular complexity index is 689. The summed E-state index contributed by atoms with van der Waals surface area (Å²) >= 11 is 0. The Kier molecular flexibility index (Phi) is 3.11. The molecule has 0 radical (unpaired) electrons. The maximum atomic E-state index is 13.3. The molecule has 2 aromatic rings. The molecule has 2 nitrogen and oxygen atoms in total. The van der Waals surface area contributed by atoms with E-state index < -0.39 is 6.04 Å². The number of fused-ring (bicyclic) bond motifs is 1. The van der Waals surface area contributed by atoms with Gasteiger partial charge < -0.3 is 10.1 Å². The molecule has 1 aliphatic rings. The maximum absolute atomic E-state index is 13.3. The van der Waals surface area contributed by atoms with Crippen LogP contribution in [0.2, 0.25) is 0 Å². The number of carbonyl (C=O) groups excluding carboxylic acids is 1. The molecule has 3 rings (SSSR count). The highest BCUT2D eigenvalue weighted by atomic mass is 19.1. The van der Waals surface area contributed by atoms with Crippen molar-refractivity contribution in [2.75, 3.05) is 0 Å². The summed E-state index contributed by atoms with van der Waals surface area (Å²) < 4.78 is 13.3. The van der Waals surface area contributed by atoms with Crippen molar-refractivity contribution in [3.8, 4) is 0 Å². The number of halogens is 1. The van der Waals surface area contributed by atoms with Gasteiger partial charge in [0.2, 0.25) is 0 Å². The molecule has 1 N–H and O–H groups in total. The summed E-state index contributed by atoms with van der Waals surface area (Å²) in [7, 11) is 0. The number of rotatable bonds is 2. The third kappa shape index (κ3) is 2.23. The predicted molar refractivity (Wildman–Crippen MR) is 77.4 cm³/mol. The molecule has 1 heterocycles. The molecule has 0 fully saturated rings. The Morgan fingerprint density at radius 2 is 1.90 bits per heavy atom. The van der Waals surface area contributed by atoms with Crippen LogP contribution in [0.1, 0.15) is 28.3 Å². The molecule has 0 spiro atoms. The van der Waals surface area contributed by atoms with E-state index in [1.54, 1.807) is 6.07 Å². The fourth-order valence-electron chi connectivity index (χ4n) is 2.40. The highest BCUT2D eigenvalue weighted by Gasteiger charge is 2.21. The molecule has 0 saturated carbocycles. The summed E-state index contributed by atoms with van der Waals surface area (Å²) in [6.45, 7) is 2.03. The van der Waals surface area contributed by atoms with Gasteiger partial charge in [0.1, 0.15) is 18.1 Å². The number of aryl methyl sites for hydroxylation is 1. The Hall–Kier alpha value is -2.42. The monoisotopic (exact) mass is 267 g/mol. The molecule has 0 aromatic heterocycles. The zero-order valence-electron chi connectivity index (χ0n) is 11.1. The molecular formula is C17H14FNO. The predicted octanol–water partition coefficient (Wildman–Crippen LogP) is 3.48. The smallest absolute Gasteiger partial charge is 0.146 e. The van der Waals surface area contributed by atoms with E-state index >= 15 is 0 Å². The van der Waals surface area contributed by atoms with Gasteiger partial charge in [-0.05, 0) is 41.8 Å². The Balaban J connectivity index is 2.08. The molecular weight excluding hydrogens is 253 g/mol. The number of carbonyl (C=O) groups is 1. The quantitative estimate of drug-likeness (QED) is 0.844. The highest BCUT2D eigenvalue weighted by Crippen LogP contribution is 2.29. The summed E-state index contributed by atoms with van der Waals surface area (Å²) in [5.74, 6) is -0.329. The van der Waals surface area contributed by atoms with Crippen LogP contribution >= 0.6 is 0 Å². The van der Waals surface area contributed by atoms with Crippen LogP contribution in [0.5, 0.6) is 0 Å². The topological polar surface area (TPSA) is 29.1 Å². The minimum absolute atomic E-state index is 0.329. The molecule has 0 saturated heterocycles. The lowest BCUT2D eigenvalue weighted by molar-refractivity contribution is -0.109. The van der Waals surface area contributed by atoms with Crippen LogP contribution in [0.3, 0.4) is 0 Å². The zero-order valence-corrected chi connectivity index (χ0v) is 11.1. The van der Waals surface area contributed by atoms with Crippen LogP contribution in [0.25, 0.3) is 11.8 Å². The van der Waals surface area contributed by atoms with Crippen molar-refractivity contribution in [1.82, 2.24) is 5.32 Å². The Morgan fingerprint density at radius 3 is 2.60 bits per heavy atom. The van der Waals surface area contributed by atoms with Gasteiger partial charge in [0, 0.05) is 5.70 Å². The standard InChI is InChI=1S/C17H14FNO/c1-11-2-4-12(5-3-11)16-8-13-6-7-14(18)9-15(13)17(10-20)19-16/h2-10,17,19H,1H3. The van der Waals surface area contributed by atoms with Crippen molar-refractivity contribution < 1.29 is 9.18 Å². The van der Waals surface area contributed by atoms with Crippen molar-refractivity contribution in [3.63, 3.8) is 0 Å². The molecule has 20 heavy (non-hydrogen) atoms. The van der Waals surface area contributed by atoms with E-state index in [9.17, 15) is 9.18 Å². The molecule has 0 amide bonds. The van der Waals surface area contributed by atoms with Crippen LogP contribution in [0.15, 0.2) is 42.5 Å². The van der Waals surface area contributed by atoms with Crippen molar-refractivity contribution in [2.24, 2.45) is 0 Å². The second kappa shape index (κ2) is 4.93. The van der Waals surface area contributed by atoms with E-state index in [1.807, 2.05) is 37.3 Å². The summed E-state index contributed by atoms with van der Waals surface area (Å²) in [6.07, 6.45) is 2.75. The lowest BCUT2D eigenvalue weighted by Gasteiger charge is -2.24. The highest BCUT2D eigenvalue weighted by molar-refractivity contribution is 5.87. The van der Waals surface area contributed by atoms with Crippen molar-refractivity contribution >= 4 is 18.1 Å². The van der Waals surface area contributed by atoms with Crippen molar-refractivity contribution in [3.05, 3.63) is 70.5 Å². The van der Waals surface area contributed by atoms with Gasteiger partial charge in [-0.1, -0.05) is 35.9 Å². The molecule has 3 heteroatoms. The van der Waals surface area contributed by atoms with Crippen LogP contribution < -0.4 is 5.32 Å². The number of nitrogens with one attached hydrogen (secondary N) is 1. The van der Waals surface area contributed by atoms with Crippen molar-refractivity contribution in [1.29, 1.82) is 0 Å². The van der Waals surface area contributed by atoms with Gasteiger partial charge in [0.15, 0.2) is 0 Å². The van der Waals surface area contributed by atoms with Gasteiger partial charge >= 0.3 is 0 Å². The summed E-state index contributed by atoms with van der Waals surface area (Å²) in [5.41, 5.74) is 4.62. The SMILES string of the molecule is Cc1ccc(C2=Cc3ccc(F)cc3C(C=O)N2)cc1. The largest absolute Gasteiger partial charge is 0.371 e. The van der Waals surface area contributed by atoms with E-state index in [4.69, 9.17) is 0 Å². The first-order chi connectivity index (χ1) is 9.67. The van der Waals surface area contributed by atoms with E-state index in [-0.39, 0.29) is 5.82 Å². The number of hydrogen-bond acceptors (Lipinski definition) is 2. The molecule has 1 unspecified atom stereocenters. The van der Waals surface area contributed by atoms with Gasteiger partial charge in [-0.15, -0.1) is 0 Å². The van der Waals surface area contributed by atoms with Gasteiger partial charge in [0.05, 0.1) is 0 Å². The minimum atomic E-state index is -0.512. The van der Waals surface area contributed by atoms with Crippen LogP contribution in [0, 0.1) is 12.7 Å². The van der Waals surface area contributed by atoms with E-state index in [1.165, 1.54) is 17.7 Å². The first kappa shape index (κ1) is 12.6. The zero-order chi connectivity index (χ0) is 14.1. The molecule has 0 bridgehead atoms. The number of aldehydes is 1. The summed E-state index contributed by atoms with van der Waals surface area (Å²) in [4.78, 5) is 11.3. The molecule has 1 atom stereocenters.